The molecule has 1 aliphatic heterocycles. The fourth-order valence-corrected chi connectivity index (χ4v) is 3.72. The van der Waals surface area contributed by atoms with Crippen LogP contribution >= 0.6 is 11.6 Å². The molecule has 3 nitrogen and oxygen atoms in total. The molecule has 1 saturated heterocycles. The Bertz CT molecular complexity index is 499. The van der Waals surface area contributed by atoms with Crippen LogP contribution in [-0.4, -0.2) is 26.0 Å². The van der Waals surface area contributed by atoms with Crippen molar-refractivity contribution in [3.63, 3.8) is 0 Å². The summed E-state index contributed by atoms with van der Waals surface area (Å²) in [6.45, 7) is 1.97. The molecular formula is C11H14ClNO2S. The van der Waals surface area contributed by atoms with Crippen molar-refractivity contribution in [2.24, 2.45) is 0 Å². The molecule has 2 rings (SSSR count). The summed E-state index contributed by atoms with van der Waals surface area (Å²) in [6.07, 6.45) is 0.675. The highest BCUT2D eigenvalue weighted by atomic mass is 35.5. The Balaban J connectivity index is 2.13. The van der Waals surface area contributed by atoms with E-state index in [2.05, 4.69) is 5.32 Å². The third-order valence-corrected chi connectivity index (χ3v) is 4.79. The quantitative estimate of drug-likeness (QED) is 0.886. The van der Waals surface area contributed by atoms with E-state index in [1.807, 2.05) is 25.1 Å². The van der Waals surface area contributed by atoms with Gasteiger partial charge in [-0.15, -0.1) is 0 Å². The average molecular weight is 260 g/mol. The first-order chi connectivity index (χ1) is 7.46. The standard InChI is InChI=1S/C11H14ClNO2S/c1-8-2-3-9(12)6-11(8)13-10-4-5-16(14,15)7-10/h2-3,6,10,13H,4-5,7H2,1H3. The van der Waals surface area contributed by atoms with Crippen molar-refractivity contribution in [3.8, 4) is 0 Å². The first-order valence-corrected chi connectivity index (χ1v) is 7.39. The van der Waals surface area contributed by atoms with E-state index in [1.165, 1.54) is 0 Å². The maximum Gasteiger partial charge on any atom is 0.152 e. The lowest BCUT2D eigenvalue weighted by Crippen LogP contribution is -2.21. The minimum atomic E-state index is -2.83. The molecular weight excluding hydrogens is 246 g/mol. The average Bonchev–Trinajstić information content (AvgIpc) is 2.52. The lowest BCUT2D eigenvalue weighted by atomic mass is 10.1. The minimum Gasteiger partial charge on any atom is -0.381 e. The number of rotatable bonds is 2. The molecule has 1 unspecified atom stereocenters. The van der Waals surface area contributed by atoms with Gasteiger partial charge in [0, 0.05) is 16.8 Å². The smallest absolute Gasteiger partial charge is 0.152 e. The van der Waals surface area contributed by atoms with E-state index in [1.54, 1.807) is 0 Å². The molecule has 0 bridgehead atoms. The number of nitrogens with one attached hydrogen (secondary N) is 1. The number of sulfone groups is 1. The Morgan fingerprint density at radius 1 is 1.44 bits per heavy atom. The summed E-state index contributed by atoms with van der Waals surface area (Å²) in [5.41, 5.74) is 2.00. The maximum absolute atomic E-state index is 11.3. The van der Waals surface area contributed by atoms with Gasteiger partial charge in [-0.3, -0.25) is 0 Å². The van der Waals surface area contributed by atoms with Crippen molar-refractivity contribution in [1.82, 2.24) is 0 Å². The number of benzene rings is 1. The van der Waals surface area contributed by atoms with Crippen LogP contribution in [0.5, 0.6) is 0 Å². The SMILES string of the molecule is Cc1ccc(Cl)cc1NC1CCS(=O)(=O)C1. The molecule has 1 fully saturated rings. The molecule has 0 aromatic heterocycles. The molecule has 1 atom stereocenters. The predicted molar refractivity (Wildman–Crippen MR) is 66.9 cm³/mol. The normalized spacial score (nSPS) is 23.2. The zero-order chi connectivity index (χ0) is 11.8. The molecule has 1 heterocycles. The summed E-state index contributed by atoms with van der Waals surface area (Å²) in [7, 11) is -2.83. The highest BCUT2D eigenvalue weighted by Crippen LogP contribution is 2.23. The van der Waals surface area contributed by atoms with Gasteiger partial charge < -0.3 is 5.32 Å². The summed E-state index contributed by atoms with van der Waals surface area (Å²) in [5.74, 6) is 0.503. The van der Waals surface area contributed by atoms with Gasteiger partial charge in [-0.25, -0.2) is 8.42 Å². The lowest BCUT2D eigenvalue weighted by Gasteiger charge is -2.14. The summed E-state index contributed by atoms with van der Waals surface area (Å²) in [4.78, 5) is 0. The van der Waals surface area contributed by atoms with Crippen LogP contribution < -0.4 is 5.32 Å². The van der Waals surface area contributed by atoms with E-state index in [0.29, 0.717) is 11.4 Å². The van der Waals surface area contributed by atoms with Crippen LogP contribution in [-0.2, 0) is 9.84 Å². The minimum absolute atomic E-state index is 0.0159. The summed E-state index contributed by atoms with van der Waals surface area (Å²) >= 11 is 5.90. The van der Waals surface area contributed by atoms with Gasteiger partial charge in [0.25, 0.3) is 0 Å². The van der Waals surface area contributed by atoms with Crippen molar-refractivity contribution < 1.29 is 8.42 Å². The third kappa shape index (κ3) is 2.68. The number of hydrogen-bond acceptors (Lipinski definition) is 3. The van der Waals surface area contributed by atoms with E-state index in [9.17, 15) is 8.42 Å². The van der Waals surface area contributed by atoms with Gasteiger partial charge in [0.05, 0.1) is 11.5 Å². The first-order valence-electron chi connectivity index (χ1n) is 5.19. The highest BCUT2D eigenvalue weighted by Gasteiger charge is 2.27. The second-order valence-electron chi connectivity index (χ2n) is 4.20. The third-order valence-electron chi connectivity index (χ3n) is 2.79. The molecule has 1 N–H and O–H groups in total. The molecule has 1 aromatic carbocycles. The van der Waals surface area contributed by atoms with Gasteiger partial charge in [-0.2, -0.15) is 0 Å². The van der Waals surface area contributed by atoms with Crippen molar-refractivity contribution in [1.29, 1.82) is 0 Å². The lowest BCUT2D eigenvalue weighted by molar-refractivity contribution is 0.602. The molecule has 0 amide bonds. The summed E-state index contributed by atoms with van der Waals surface area (Å²) in [6, 6.07) is 5.60. The molecule has 0 radical (unpaired) electrons. The highest BCUT2D eigenvalue weighted by molar-refractivity contribution is 7.91. The van der Waals surface area contributed by atoms with Crippen LogP contribution in [0.3, 0.4) is 0 Å². The van der Waals surface area contributed by atoms with Crippen molar-refractivity contribution >= 4 is 27.1 Å². The number of hydrogen-bond donors (Lipinski definition) is 1. The number of aryl methyl sites for hydroxylation is 1. The molecule has 0 spiro atoms. The summed E-state index contributed by atoms with van der Waals surface area (Å²) in [5, 5.41) is 3.90. The van der Waals surface area contributed by atoms with Crippen LogP contribution in [0.2, 0.25) is 5.02 Å². The van der Waals surface area contributed by atoms with Crippen LogP contribution in [0.25, 0.3) is 0 Å². The van der Waals surface area contributed by atoms with Gasteiger partial charge in [-0.05, 0) is 31.0 Å². The Labute approximate surface area is 101 Å². The fourth-order valence-electron chi connectivity index (χ4n) is 1.88. The number of halogens is 1. The topological polar surface area (TPSA) is 46.2 Å². The van der Waals surface area contributed by atoms with Gasteiger partial charge in [0.15, 0.2) is 9.84 Å². The molecule has 0 saturated carbocycles. The van der Waals surface area contributed by atoms with Crippen LogP contribution in [0.15, 0.2) is 18.2 Å². The van der Waals surface area contributed by atoms with Crippen molar-refractivity contribution in [3.05, 3.63) is 28.8 Å². The molecule has 5 heteroatoms. The van der Waals surface area contributed by atoms with Gasteiger partial charge >= 0.3 is 0 Å². The van der Waals surface area contributed by atoms with Gasteiger partial charge in [0.1, 0.15) is 0 Å². The van der Waals surface area contributed by atoms with Crippen LogP contribution in [0.4, 0.5) is 5.69 Å². The fraction of sp³-hybridized carbons (Fsp3) is 0.455. The monoisotopic (exact) mass is 259 g/mol. The molecule has 1 aliphatic rings. The molecule has 88 valence electrons. The van der Waals surface area contributed by atoms with E-state index < -0.39 is 9.84 Å². The number of anilines is 1. The zero-order valence-corrected chi connectivity index (χ0v) is 10.6. The molecule has 16 heavy (non-hydrogen) atoms. The Morgan fingerprint density at radius 2 is 2.19 bits per heavy atom. The predicted octanol–water partition coefficient (Wildman–Crippen LogP) is 2.25. The summed E-state index contributed by atoms with van der Waals surface area (Å²) < 4.78 is 22.6. The molecule has 0 aliphatic carbocycles. The largest absolute Gasteiger partial charge is 0.381 e. The van der Waals surface area contributed by atoms with Crippen molar-refractivity contribution in [2.75, 3.05) is 16.8 Å². The van der Waals surface area contributed by atoms with E-state index in [4.69, 9.17) is 11.6 Å². The van der Waals surface area contributed by atoms with Gasteiger partial charge in [-0.1, -0.05) is 17.7 Å². The Kier molecular flexibility index (Phi) is 3.13. The van der Waals surface area contributed by atoms with E-state index in [-0.39, 0.29) is 17.5 Å². The first kappa shape index (κ1) is 11.7. The second kappa shape index (κ2) is 4.26. The van der Waals surface area contributed by atoms with E-state index in [0.717, 1.165) is 11.3 Å². The van der Waals surface area contributed by atoms with Gasteiger partial charge in [0.2, 0.25) is 0 Å². The van der Waals surface area contributed by atoms with Crippen LogP contribution in [0.1, 0.15) is 12.0 Å². The van der Waals surface area contributed by atoms with Crippen LogP contribution in [0, 0.1) is 6.92 Å². The van der Waals surface area contributed by atoms with E-state index >= 15 is 0 Å². The zero-order valence-electron chi connectivity index (χ0n) is 9.03. The Hall–Kier alpha value is -0.740. The molecule has 1 aromatic rings. The Morgan fingerprint density at radius 3 is 2.81 bits per heavy atom. The van der Waals surface area contributed by atoms with Crippen molar-refractivity contribution in [2.45, 2.75) is 19.4 Å². The second-order valence-corrected chi connectivity index (χ2v) is 6.87. The maximum atomic E-state index is 11.3.